The zero-order valence-corrected chi connectivity index (χ0v) is 29.6. The molecule has 2 N–H and O–H groups in total. The minimum Gasteiger partial charge on any atom is -0.394 e. The number of ether oxygens (including phenoxy) is 4. The van der Waals surface area contributed by atoms with Crippen molar-refractivity contribution in [2.75, 3.05) is 26.4 Å². The molecule has 0 radical (unpaired) electrons. The lowest BCUT2D eigenvalue weighted by Crippen LogP contribution is -2.61. The molecule has 0 aromatic heterocycles. The SMILES string of the molecule is CCCCCCCCCCCCO[C@H]1[C@H](OCCCCCCCC)O[C@H](CO)[C@@H](O)[C@@H]1OCCCCCCCCCCCC. The van der Waals surface area contributed by atoms with Gasteiger partial charge in [0.1, 0.15) is 24.4 Å². The zero-order chi connectivity index (χ0) is 31.9. The second kappa shape index (κ2) is 31.4. The lowest BCUT2D eigenvalue weighted by molar-refractivity contribution is -0.316. The normalized spacial score (nSPS) is 22.2. The van der Waals surface area contributed by atoms with Gasteiger partial charge in [-0.25, -0.2) is 0 Å². The fourth-order valence-corrected chi connectivity index (χ4v) is 6.24. The molecule has 6 nitrogen and oxygen atoms in total. The summed E-state index contributed by atoms with van der Waals surface area (Å²) in [7, 11) is 0. The highest BCUT2D eigenvalue weighted by Crippen LogP contribution is 2.28. The quantitative estimate of drug-likeness (QED) is 0.0704. The van der Waals surface area contributed by atoms with Crippen molar-refractivity contribution in [1.82, 2.24) is 0 Å². The Morgan fingerprint density at radius 2 is 0.750 bits per heavy atom. The van der Waals surface area contributed by atoms with E-state index in [0.717, 1.165) is 38.5 Å². The molecule has 1 aliphatic rings. The number of hydrogen-bond donors (Lipinski definition) is 2. The average Bonchev–Trinajstić information content (AvgIpc) is 3.03. The van der Waals surface area contributed by atoms with E-state index in [1.54, 1.807) is 0 Å². The summed E-state index contributed by atoms with van der Waals surface area (Å²) >= 11 is 0. The fourth-order valence-electron chi connectivity index (χ4n) is 6.24. The first-order valence-electron chi connectivity index (χ1n) is 19.5. The summed E-state index contributed by atoms with van der Waals surface area (Å²) in [6.45, 7) is 8.29. The summed E-state index contributed by atoms with van der Waals surface area (Å²) < 4.78 is 25.0. The molecule has 0 unspecified atom stereocenters. The van der Waals surface area contributed by atoms with Crippen LogP contribution in [0.1, 0.15) is 188 Å². The molecule has 0 aromatic rings. The van der Waals surface area contributed by atoms with E-state index in [2.05, 4.69) is 20.8 Å². The van der Waals surface area contributed by atoms with Crippen LogP contribution in [0.3, 0.4) is 0 Å². The summed E-state index contributed by atoms with van der Waals surface area (Å²) in [4.78, 5) is 0. The Kier molecular flexibility index (Phi) is 29.8. The molecule has 1 aliphatic heterocycles. The minimum atomic E-state index is -0.935. The summed E-state index contributed by atoms with van der Waals surface area (Å²) in [5, 5.41) is 21.1. The Bertz CT molecular complexity index is 576. The van der Waals surface area contributed by atoms with Crippen LogP contribution in [-0.2, 0) is 18.9 Å². The highest BCUT2D eigenvalue weighted by Gasteiger charge is 2.47. The summed E-state index contributed by atoms with van der Waals surface area (Å²) in [6, 6.07) is 0. The third kappa shape index (κ3) is 21.5. The second-order valence-corrected chi connectivity index (χ2v) is 13.4. The van der Waals surface area contributed by atoms with Crippen LogP contribution in [0, 0.1) is 0 Å². The van der Waals surface area contributed by atoms with Crippen LogP contribution in [0.25, 0.3) is 0 Å². The Balaban J connectivity index is 2.51. The molecule has 6 heteroatoms. The second-order valence-electron chi connectivity index (χ2n) is 13.4. The molecule has 0 spiro atoms. The highest BCUT2D eigenvalue weighted by molar-refractivity contribution is 4.91. The Hall–Kier alpha value is -0.240. The predicted octanol–water partition coefficient (Wildman–Crippen LogP) is 10.1. The molecule has 0 aromatic carbocycles. The van der Waals surface area contributed by atoms with Gasteiger partial charge in [-0.05, 0) is 19.3 Å². The fraction of sp³-hybridized carbons (Fsp3) is 1.00. The maximum atomic E-state index is 11.1. The van der Waals surface area contributed by atoms with Gasteiger partial charge in [0.15, 0.2) is 6.29 Å². The number of aliphatic hydroxyl groups excluding tert-OH is 2. The summed E-state index contributed by atoms with van der Waals surface area (Å²) in [6.07, 6.45) is 29.3. The number of hydrogen-bond acceptors (Lipinski definition) is 6. The van der Waals surface area contributed by atoms with Crippen molar-refractivity contribution in [3.8, 4) is 0 Å². The van der Waals surface area contributed by atoms with Crippen molar-refractivity contribution >= 4 is 0 Å². The monoisotopic (exact) mass is 629 g/mol. The number of rotatable bonds is 33. The molecule has 1 saturated heterocycles. The first kappa shape index (κ1) is 41.8. The van der Waals surface area contributed by atoms with Gasteiger partial charge in [0.25, 0.3) is 0 Å². The zero-order valence-electron chi connectivity index (χ0n) is 29.6. The lowest BCUT2D eigenvalue weighted by Gasteiger charge is -2.43. The Morgan fingerprint density at radius 1 is 0.432 bits per heavy atom. The summed E-state index contributed by atoms with van der Waals surface area (Å²) in [5.41, 5.74) is 0. The van der Waals surface area contributed by atoms with Crippen LogP contribution >= 0.6 is 0 Å². The van der Waals surface area contributed by atoms with E-state index in [4.69, 9.17) is 18.9 Å². The molecule has 264 valence electrons. The van der Waals surface area contributed by atoms with Gasteiger partial charge < -0.3 is 29.2 Å². The molecule has 0 aliphatic carbocycles. The molecular weight excluding hydrogens is 552 g/mol. The van der Waals surface area contributed by atoms with Crippen LogP contribution in [0.5, 0.6) is 0 Å². The van der Waals surface area contributed by atoms with Gasteiger partial charge in [-0.2, -0.15) is 0 Å². The largest absolute Gasteiger partial charge is 0.394 e. The molecular formula is C38H76O6. The molecule has 1 fully saturated rings. The van der Waals surface area contributed by atoms with Gasteiger partial charge in [0.05, 0.1) is 6.61 Å². The molecule has 1 rings (SSSR count). The molecule has 0 bridgehead atoms. The van der Waals surface area contributed by atoms with Gasteiger partial charge in [-0.3, -0.25) is 0 Å². The molecule has 44 heavy (non-hydrogen) atoms. The van der Waals surface area contributed by atoms with Gasteiger partial charge in [0, 0.05) is 19.8 Å². The topological polar surface area (TPSA) is 77.4 Å². The maximum Gasteiger partial charge on any atom is 0.186 e. The third-order valence-electron chi connectivity index (χ3n) is 9.19. The smallest absolute Gasteiger partial charge is 0.186 e. The van der Waals surface area contributed by atoms with Crippen LogP contribution in [0.2, 0.25) is 0 Å². The summed E-state index contributed by atoms with van der Waals surface area (Å²) in [5.74, 6) is 0. The Morgan fingerprint density at radius 3 is 1.11 bits per heavy atom. The third-order valence-corrected chi connectivity index (χ3v) is 9.19. The van der Waals surface area contributed by atoms with Gasteiger partial charge in [-0.15, -0.1) is 0 Å². The Labute approximate surface area is 273 Å². The predicted molar refractivity (Wildman–Crippen MR) is 184 cm³/mol. The first-order valence-corrected chi connectivity index (χ1v) is 19.5. The van der Waals surface area contributed by atoms with Crippen molar-refractivity contribution in [1.29, 1.82) is 0 Å². The standard InChI is InChI=1S/C38H76O6/c1-4-7-10-13-16-18-20-22-25-27-30-41-36-35(40)34(33-39)44-38(43-32-29-24-15-12-9-6-3)37(36)42-31-28-26-23-21-19-17-14-11-8-5-2/h34-40H,4-33H2,1-3H3/t34-,35-,36+,37-,38-/m1/s1. The van der Waals surface area contributed by atoms with Crippen LogP contribution in [0.15, 0.2) is 0 Å². The van der Waals surface area contributed by atoms with Crippen molar-refractivity contribution in [2.45, 2.75) is 218 Å². The minimum absolute atomic E-state index is 0.263. The van der Waals surface area contributed by atoms with Crippen LogP contribution in [0.4, 0.5) is 0 Å². The van der Waals surface area contributed by atoms with E-state index in [9.17, 15) is 10.2 Å². The highest BCUT2D eigenvalue weighted by atomic mass is 16.7. The van der Waals surface area contributed by atoms with Crippen molar-refractivity contribution in [3.63, 3.8) is 0 Å². The number of unbranched alkanes of at least 4 members (excludes halogenated alkanes) is 23. The van der Waals surface area contributed by atoms with E-state index in [0.29, 0.717) is 19.8 Å². The molecule has 1 heterocycles. The van der Waals surface area contributed by atoms with E-state index < -0.39 is 30.7 Å². The lowest BCUT2D eigenvalue weighted by atomic mass is 9.98. The average molecular weight is 629 g/mol. The molecule has 5 atom stereocenters. The van der Waals surface area contributed by atoms with Crippen molar-refractivity contribution in [2.24, 2.45) is 0 Å². The van der Waals surface area contributed by atoms with E-state index in [1.807, 2.05) is 0 Å². The molecule has 0 amide bonds. The van der Waals surface area contributed by atoms with E-state index >= 15 is 0 Å². The number of aliphatic hydroxyl groups is 2. The maximum absolute atomic E-state index is 11.1. The molecule has 0 saturated carbocycles. The van der Waals surface area contributed by atoms with Gasteiger partial charge >= 0.3 is 0 Å². The van der Waals surface area contributed by atoms with Crippen molar-refractivity contribution < 1.29 is 29.2 Å². The van der Waals surface area contributed by atoms with Crippen LogP contribution in [-0.4, -0.2) is 67.3 Å². The van der Waals surface area contributed by atoms with Gasteiger partial charge in [-0.1, -0.05) is 168 Å². The van der Waals surface area contributed by atoms with Crippen LogP contribution < -0.4 is 0 Å². The first-order chi connectivity index (χ1) is 21.7. The van der Waals surface area contributed by atoms with Crippen molar-refractivity contribution in [3.05, 3.63) is 0 Å². The van der Waals surface area contributed by atoms with E-state index in [-0.39, 0.29) is 6.61 Å². The van der Waals surface area contributed by atoms with Gasteiger partial charge in [0.2, 0.25) is 0 Å². The van der Waals surface area contributed by atoms with E-state index in [1.165, 1.54) is 128 Å².